The summed E-state index contributed by atoms with van der Waals surface area (Å²) in [7, 11) is 0. The van der Waals surface area contributed by atoms with E-state index in [-0.39, 0.29) is 6.03 Å². The summed E-state index contributed by atoms with van der Waals surface area (Å²) in [5, 5.41) is 15.7. The summed E-state index contributed by atoms with van der Waals surface area (Å²) in [4.78, 5) is 15.3. The maximum absolute atomic E-state index is 11.8. The van der Waals surface area contributed by atoms with Crippen molar-refractivity contribution in [3.63, 3.8) is 0 Å². The van der Waals surface area contributed by atoms with Crippen molar-refractivity contribution < 1.29 is 4.79 Å². The Morgan fingerprint density at radius 3 is 2.88 bits per heavy atom. The normalized spacial score (nSPS) is 13.8. The fourth-order valence-corrected chi connectivity index (χ4v) is 4.18. The molecule has 2 N–H and O–H groups in total. The Balaban J connectivity index is 1.75. The molecule has 2 aromatic rings. The Morgan fingerprint density at radius 1 is 1.38 bits per heavy atom. The largest absolute Gasteiger partial charge is 0.338 e. The van der Waals surface area contributed by atoms with Gasteiger partial charge in [-0.2, -0.15) is 5.26 Å². The van der Waals surface area contributed by atoms with Crippen LogP contribution in [0.1, 0.15) is 28.5 Å². The van der Waals surface area contributed by atoms with Gasteiger partial charge in [0.15, 0.2) is 0 Å². The molecule has 0 atom stereocenters. The minimum atomic E-state index is -0.256. The Kier molecular flexibility index (Phi) is 5.14. The molecule has 2 amide bonds. The highest BCUT2D eigenvalue weighted by Crippen LogP contribution is 2.36. The van der Waals surface area contributed by atoms with E-state index in [0.29, 0.717) is 17.1 Å². The van der Waals surface area contributed by atoms with Crippen LogP contribution in [-0.4, -0.2) is 24.0 Å². The maximum Gasteiger partial charge on any atom is 0.319 e. The first-order valence-electron chi connectivity index (χ1n) is 8.07. The molecule has 124 valence electrons. The molecule has 0 bridgehead atoms. The van der Waals surface area contributed by atoms with Crippen LogP contribution in [0.4, 0.5) is 9.80 Å². The standard InChI is InChI=1S/C18H20N4OS/c1-2-20-18(23)21-17-15(10-19)14-8-9-22(12-16(14)24-17)11-13-6-4-3-5-7-13/h3-7H,2,8-9,11-12H2,1H3,(H2,20,21,23). The van der Waals surface area contributed by atoms with Gasteiger partial charge >= 0.3 is 6.03 Å². The summed E-state index contributed by atoms with van der Waals surface area (Å²) in [5.74, 6) is 0. The van der Waals surface area contributed by atoms with E-state index in [1.54, 1.807) is 0 Å². The number of hydrogen-bond donors (Lipinski definition) is 2. The molecule has 1 aromatic heterocycles. The number of carbonyl (C=O) groups excluding carboxylic acids is 1. The molecule has 1 aliphatic heterocycles. The van der Waals surface area contributed by atoms with E-state index < -0.39 is 0 Å². The fraction of sp³-hybridized carbons (Fsp3) is 0.333. The highest BCUT2D eigenvalue weighted by molar-refractivity contribution is 7.16. The minimum absolute atomic E-state index is 0.256. The van der Waals surface area contributed by atoms with Gasteiger partial charge in [0.05, 0.1) is 5.56 Å². The number of nitriles is 1. The highest BCUT2D eigenvalue weighted by atomic mass is 32.1. The predicted molar refractivity (Wildman–Crippen MR) is 96.0 cm³/mol. The lowest BCUT2D eigenvalue weighted by Gasteiger charge is -2.26. The summed E-state index contributed by atoms with van der Waals surface area (Å²) < 4.78 is 0. The lowest BCUT2D eigenvalue weighted by molar-refractivity contribution is 0.249. The van der Waals surface area contributed by atoms with Gasteiger partial charge in [-0.05, 0) is 24.5 Å². The van der Waals surface area contributed by atoms with Gasteiger partial charge in [0, 0.05) is 31.1 Å². The van der Waals surface area contributed by atoms with Gasteiger partial charge in [-0.15, -0.1) is 11.3 Å². The average Bonchev–Trinajstić information content (AvgIpc) is 2.92. The summed E-state index contributed by atoms with van der Waals surface area (Å²) in [5.41, 5.74) is 3.01. The van der Waals surface area contributed by atoms with Crippen molar-refractivity contribution in [3.8, 4) is 6.07 Å². The SMILES string of the molecule is CCNC(=O)Nc1sc2c(c1C#N)CCN(Cc1ccccc1)C2. The molecule has 3 rings (SSSR count). The van der Waals surface area contributed by atoms with Crippen molar-refractivity contribution in [3.05, 3.63) is 51.9 Å². The number of thiophene rings is 1. The Labute approximate surface area is 145 Å². The van der Waals surface area contributed by atoms with Crippen LogP contribution in [-0.2, 0) is 19.5 Å². The number of nitrogens with zero attached hydrogens (tertiary/aromatic N) is 2. The van der Waals surface area contributed by atoms with Gasteiger partial charge in [-0.25, -0.2) is 4.79 Å². The number of benzene rings is 1. The number of urea groups is 1. The number of nitrogens with one attached hydrogen (secondary N) is 2. The van der Waals surface area contributed by atoms with E-state index in [1.807, 2.05) is 13.0 Å². The van der Waals surface area contributed by atoms with Crippen LogP contribution in [0.15, 0.2) is 30.3 Å². The van der Waals surface area contributed by atoms with Gasteiger partial charge < -0.3 is 5.32 Å². The molecule has 0 aliphatic carbocycles. The van der Waals surface area contributed by atoms with Crippen LogP contribution in [0.5, 0.6) is 0 Å². The molecule has 24 heavy (non-hydrogen) atoms. The van der Waals surface area contributed by atoms with E-state index in [1.165, 1.54) is 21.8 Å². The molecular weight excluding hydrogens is 320 g/mol. The van der Waals surface area contributed by atoms with Crippen molar-refractivity contribution in [1.29, 1.82) is 5.26 Å². The Bertz CT molecular complexity index is 763. The zero-order chi connectivity index (χ0) is 16.9. The van der Waals surface area contributed by atoms with Crippen molar-refractivity contribution in [2.45, 2.75) is 26.4 Å². The Hall–Kier alpha value is -2.36. The first-order chi connectivity index (χ1) is 11.7. The molecule has 6 heteroatoms. The molecule has 0 saturated heterocycles. The van der Waals surface area contributed by atoms with Crippen LogP contribution in [0.3, 0.4) is 0 Å². The molecule has 0 saturated carbocycles. The van der Waals surface area contributed by atoms with Gasteiger partial charge in [0.1, 0.15) is 11.1 Å². The van der Waals surface area contributed by atoms with Crippen molar-refractivity contribution in [1.82, 2.24) is 10.2 Å². The van der Waals surface area contributed by atoms with Crippen LogP contribution in [0.25, 0.3) is 0 Å². The first kappa shape index (κ1) is 16.5. The van der Waals surface area contributed by atoms with Crippen molar-refractivity contribution in [2.24, 2.45) is 0 Å². The number of amides is 2. The molecule has 0 fully saturated rings. The second-order valence-electron chi connectivity index (χ2n) is 5.75. The van der Waals surface area contributed by atoms with Crippen LogP contribution in [0.2, 0.25) is 0 Å². The summed E-state index contributed by atoms with van der Waals surface area (Å²) >= 11 is 1.52. The maximum atomic E-state index is 11.8. The number of carbonyl (C=O) groups is 1. The van der Waals surface area contributed by atoms with E-state index in [9.17, 15) is 10.1 Å². The summed E-state index contributed by atoms with van der Waals surface area (Å²) in [6.07, 6.45) is 0.846. The highest BCUT2D eigenvalue weighted by Gasteiger charge is 2.25. The molecule has 2 heterocycles. The predicted octanol–water partition coefficient (Wildman–Crippen LogP) is 3.32. The number of rotatable bonds is 4. The first-order valence-corrected chi connectivity index (χ1v) is 8.88. The minimum Gasteiger partial charge on any atom is -0.338 e. The van der Waals surface area contributed by atoms with Crippen molar-refractivity contribution in [2.75, 3.05) is 18.4 Å². The van der Waals surface area contributed by atoms with E-state index in [4.69, 9.17) is 0 Å². The van der Waals surface area contributed by atoms with Gasteiger partial charge in [0.25, 0.3) is 0 Å². The topological polar surface area (TPSA) is 68.2 Å². The summed E-state index contributed by atoms with van der Waals surface area (Å²) in [6.45, 7) is 5.07. The second-order valence-corrected chi connectivity index (χ2v) is 6.86. The fourth-order valence-electron chi connectivity index (χ4n) is 2.95. The third-order valence-electron chi connectivity index (χ3n) is 4.06. The second kappa shape index (κ2) is 7.47. The number of anilines is 1. The van der Waals surface area contributed by atoms with Crippen molar-refractivity contribution >= 4 is 22.4 Å². The Morgan fingerprint density at radius 2 is 2.17 bits per heavy atom. The van der Waals surface area contributed by atoms with Crippen LogP contribution in [0, 0.1) is 11.3 Å². The monoisotopic (exact) mass is 340 g/mol. The summed E-state index contributed by atoms with van der Waals surface area (Å²) in [6, 6.07) is 12.4. The smallest absolute Gasteiger partial charge is 0.319 e. The lowest BCUT2D eigenvalue weighted by atomic mass is 10.0. The molecule has 0 radical (unpaired) electrons. The molecule has 5 nitrogen and oxygen atoms in total. The quantitative estimate of drug-likeness (QED) is 0.897. The van der Waals surface area contributed by atoms with Gasteiger partial charge in [-0.1, -0.05) is 30.3 Å². The van der Waals surface area contributed by atoms with Crippen LogP contribution < -0.4 is 10.6 Å². The zero-order valence-electron chi connectivity index (χ0n) is 13.6. The van der Waals surface area contributed by atoms with Gasteiger partial charge in [-0.3, -0.25) is 10.2 Å². The average molecular weight is 340 g/mol. The number of fused-ring (bicyclic) bond motifs is 1. The van der Waals surface area contributed by atoms with Gasteiger partial charge in [0.2, 0.25) is 0 Å². The third-order valence-corrected chi connectivity index (χ3v) is 5.19. The van der Waals surface area contributed by atoms with E-state index >= 15 is 0 Å². The van der Waals surface area contributed by atoms with E-state index in [2.05, 4.69) is 45.9 Å². The molecule has 0 spiro atoms. The lowest BCUT2D eigenvalue weighted by Crippen LogP contribution is -2.29. The molecule has 0 unspecified atom stereocenters. The molecule has 1 aromatic carbocycles. The van der Waals surface area contributed by atoms with Crippen LogP contribution >= 0.6 is 11.3 Å². The molecule has 1 aliphatic rings. The molecular formula is C18H20N4OS. The zero-order valence-corrected chi connectivity index (χ0v) is 14.4. The third kappa shape index (κ3) is 3.58. The number of hydrogen-bond acceptors (Lipinski definition) is 4. The van der Waals surface area contributed by atoms with E-state index in [0.717, 1.165) is 31.6 Å².